The van der Waals surface area contributed by atoms with Gasteiger partial charge < -0.3 is 10.1 Å². The highest BCUT2D eigenvalue weighted by Crippen LogP contribution is 2.25. The molecule has 0 spiro atoms. The van der Waals surface area contributed by atoms with E-state index < -0.39 is 0 Å². The summed E-state index contributed by atoms with van der Waals surface area (Å²) in [6.07, 6.45) is 2.90. The summed E-state index contributed by atoms with van der Waals surface area (Å²) in [5, 5.41) is 2.53. The Morgan fingerprint density at radius 2 is 2.28 bits per heavy atom. The Bertz CT molecular complexity index is 322. The van der Waals surface area contributed by atoms with Gasteiger partial charge in [0.25, 0.3) is 0 Å². The van der Waals surface area contributed by atoms with Crippen molar-refractivity contribution in [1.29, 1.82) is 0 Å². The first-order chi connectivity index (χ1) is 8.63. The Hall–Kier alpha value is -0.880. The second kappa shape index (κ2) is 7.53. The zero-order chi connectivity index (χ0) is 13.5. The van der Waals surface area contributed by atoms with Gasteiger partial charge in [0.15, 0.2) is 0 Å². The van der Waals surface area contributed by atoms with Crippen LogP contribution < -0.4 is 5.32 Å². The van der Waals surface area contributed by atoms with Gasteiger partial charge in [-0.3, -0.25) is 14.5 Å². The van der Waals surface area contributed by atoms with Gasteiger partial charge in [-0.25, -0.2) is 0 Å². The van der Waals surface area contributed by atoms with Gasteiger partial charge in [-0.15, -0.1) is 11.8 Å². The quantitative estimate of drug-likeness (QED) is 0.513. The molecular weight excluding hydrogens is 252 g/mol. The minimum atomic E-state index is -0.315. The molecule has 2 amide bonds. The molecule has 102 valence electrons. The fourth-order valence-corrected chi connectivity index (χ4v) is 2.96. The minimum absolute atomic E-state index is 0.0851. The SMILES string of the molecule is CCCCN1C(=O)CC(SCC(C=O)NC)C1=O. The summed E-state index contributed by atoms with van der Waals surface area (Å²) in [6.45, 7) is 2.55. The fraction of sp³-hybridized carbons (Fsp3) is 0.750. The van der Waals surface area contributed by atoms with Crippen LogP contribution in [0.25, 0.3) is 0 Å². The lowest BCUT2D eigenvalue weighted by Gasteiger charge is -2.15. The van der Waals surface area contributed by atoms with Crippen LogP contribution in [-0.4, -0.2) is 53.6 Å². The third-order valence-corrected chi connectivity index (χ3v) is 4.27. The predicted molar refractivity (Wildman–Crippen MR) is 71.4 cm³/mol. The maximum Gasteiger partial charge on any atom is 0.242 e. The van der Waals surface area contributed by atoms with E-state index in [1.807, 2.05) is 6.92 Å². The van der Waals surface area contributed by atoms with E-state index in [1.165, 1.54) is 16.7 Å². The van der Waals surface area contributed by atoms with Gasteiger partial charge >= 0.3 is 0 Å². The number of aldehydes is 1. The van der Waals surface area contributed by atoms with Crippen molar-refractivity contribution in [1.82, 2.24) is 10.2 Å². The van der Waals surface area contributed by atoms with E-state index in [9.17, 15) is 14.4 Å². The lowest BCUT2D eigenvalue weighted by molar-refractivity contribution is -0.138. The first-order valence-corrected chi connectivity index (χ1v) is 7.27. The van der Waals surface area contributed by atoms with E-state index in [4.69, 9.17) is 0 Å². The lowest BCUT2D eigenvalue weighted by Crippen LogP contribution is -2.33. The van der Waals surface area contributed by atoms with Crippen molar-refractivity contribution in [2.45, 2.75) is 37.5 Å². The average Bonchev–Trinajstić information content (AvgIpc) is 2.64. The number of likely N-dealkylation sites (tertiary alicyclic amines) is 1. The van der Waals surface area contributed by atoms with Crippen LogP contribution in [0, 0.1) is 0 Å². The van der Waals surface area contributed by atoms with Gasteiger partial charge in [-0.1, -0.05) is 13.3 Å². The molecule has 1 N–H and O–H groups in total. The number of nitrogens with one attached hydrogen (secondary N) is 1. The number of likely N-dealkylation sites (N-methyl/N-ethyl adjacent to an activating group) is 1. The molecule has 1 aliphatic heterocycles. The highest BCUT2D eigenvalue weighted by Gasteiger charge is 2.38. The number of carbonyl (C=O) groups is 3. The monoisotopic (exact) mass is 272 g/mol. The van der Waals surface area contributed by atoms with Crippen molar-refractivity contribution in [2.24, 2.45) is 0 Å². The maximum atomic E-state index is 12.0. The molecule has 0 radical (unpaired) electrons. The van der Waals surface area contributed by atoms with Crippen molar-refractivity contribution in [2.75, 3.05) is 19.3 Å². The summed E-state index contributed by atoms with van der Waals surface area (Å²) >= 11 is 1.38. The van der Waals surface area contributed by atoms with Gasteiger partial charge in [0.1, 0.15) is 6.29 Å². The zero-order valence-corrected chi connectivity index (χ0v) is 11.7. The van der Waals surface area contributed by atoms with Gasteiger partial charge in [0.2, 0.25) is 11.8 Å². The molecular formula is C12H20N2O3S. The molecule has 0 aromatic carbocycles. The number of imide groups is 1. The van der Waals surface area contributed by atoms with E-state index in [0.717, 1.165) is 19.1 Å². The summed E-state index contributed by atoms with van der Waals surface area (Å²) in [4.78, 5) is 35.7. The van der Waals surface area contributed by atoms with Crippen molar-refractivity contribution in [3.8, 4) is 0 Å². The van der Waals surface area contributed by atoms with Crippen LogP contribution >= 0.6 is 11.8 Å². The molecule has 1 aliphatic rings. The van der Waals surface area contributed by atoms with Gasteiger partial charge in [-0.05, 0) is 13.5 Å². The summed E-state index contributed by atoms with van der Waals surface area (Å²) in [5.41, 5.74) is 0. The lowest BCUT2D eigenvalue weighted by atomic mass is 10.3. The predicted octanol–water partition coefficient (Wildman–Crippen LogP) is 0.434. The summed E-state index contributed by atoms with van der Waals surface area (Å²) in [5.74, 6) is 0.336. The molecule has 1 rings (SSSR count). The van der Waals surface area contributed by atoms with E-state index in [2.05, 4.69) is 5.32 Å². The van der Waals surface area contributed by atoms with Crippen LogP contribution in [-0.2, 0) is 14.4 Å². The standard InChI is InChI=1S/C12H20N2O3S/c1-3-4-5-14-11(16)6-10(12(14)17)18-8-9(7-15)13-2/h7,9-10,13H,3-6,8H2,1-2H3. The molecule has 2 unspecified atom stereocenters. The van der Waals surface area contributed by atoms with Gasteiger partial charge in [0, 0.05) is 18.7 Å². The molecule has 2 atom stereocenters. The molecule has 0 bridgehead atoms. The van der Waals surface area contributed by atoms with Crippen LogP contribution in [0.3, 0.4) is 0 Å². The Morgan fingerprint density at radius 1 is 1.56 bits per heavy atom. The van der Waals surface area contributed by atoms with Crippen molar-refractivity contribution >= 4 is 29.9 Å². The van der Waals surface area contributed by atoms with Crippen LogP contribution in [0.4, 0.5) is 0 Å². The normalized spacial score (nSPS) is 21.4. The first-order valence-electron chi connectivity index (χ1n) is 6.22. The molecule has 0 aromatic rings. The Kier molecular flexibility index (Phi) is 6.35. The largest absolute Gasteiger partial charge is 0.310 e. The van der Waals surface area contributed by atoms with Crippen LogP contribution in [0.15, 0.2) is 0 Å². The van der Waals surface area contributed by atoms with Gasteiger partial charge in [-0.2, -0.15) is 0 Å². The number of thioether (sulfide) groups is 1. The number of unbranched alkanes of at least 4 members (excludes halogenated alkanes) is 1. The number of rotatable bonds is 8. The molecule has 0 aromatic heterocycles. The summed E-state index contributed by atoms with van der Waals surface area (Å²) in [6, 6.07) is -0.261. The van der Waals surface area contributed by atoms with Crippen LogP contribution in [0.1, 0.15) is 26.2 Å². The first kappa shape index (κ1) is 15.2. The Morgan fingerprint density at radius 3 is 2.83 bits per heavy atom. The zero-order valence-electron chi connectivity index (χ0n) is 10.8. The number of nitrogens with zero attached hydrogens (tertiary/aromatic N) is 1. The smallest absolute Gasteiger partial charge is 0.242 e. The molecule has 0 aliphatic carbocycles. The molecule has 18 heavy (non-hydrogen) atoms. The summed E-state index contributed by atoms with van der Waals surface area (Å²) in [7, 11) is 1.70. The third kappa shape index (κ3) is 3.81. The van der Waals surface area contributed by atoms with E-state index in [0.29, 0.717) is 12.3 Å². The van der Waals surface area contributed by atoms with Crippen LogP contribution in [0.5, 0.6) is 0 Å². The Labute approximate surface area is 112 Å². The van der Waals surface area contributed by atoms with E-state index in [1.54, 1.807) is 7.05 Å². The Balaban J connectivity index is 2.47. The van der Waals surface area contributed by atoms with Crippen molar-refractivity contribution in [3.63, 3.8) is 0 Å². The molecule has 5 nitrogen and oxygen atoms in total. The molecule has 1 heterocycles. The molecule has 0 saturated carbocycles. The topological polar surface area (TPSA) is 66.5 Å². The number of hydrogen-bond donors (Lipinski definition) is 1. The summed E-state index contributed by atoms with van der Waals surface area (Å²) < 4.78 is 0. The maximum absolute atomic E-state index is 12.0. The average molecular weight is 272 g/mol. The number of amides is 2. The number of carbonyl (C=O) groups excluding carboxylic acids is 3. The van der Waals surface area contributed by atoms with E-state index >= 15 is 0 Å². The molecule has 6 heteroatoms. The van der Waals surface area contributed by atoms with Gasteiger partial charge in [0.05, 0.1) is 11.3 Å². The third-order valence-electron chi connectivity index (χ3n) is 2.95. The van der Waals surface area contributed by atoms with Crippen LogP contribution in [0.2, 0.25) is 0 Å². The number of hydrogen-bond acceptors (Lipinski definition) is 5. The fourth-order valence-electron chi connectivity index (χ4n) is 1.74. The minimum Gasteiger partial charge on any atom is -0.310 e. The van der Waals surface area contributed by atoms with Crippen molar-refractivity contribution in [3.05, 3.63) is 0 Å². The highest BCUT2D eigenvalue weighted by molar-refractivity contribution is 8.00. The second-order valence-electron chi connectivity index (χ2n) is 4.29. The molecule has 1 saturated heterocycles. The van der Waals surface area contributed by atoms with E-state index in [-0.39, 0.29) is 29.5 Å². The molecule has 1 fully saturated rings. The highest BCUT2D eigenvalue weighted by atomic mass is 32.2. The second-order valence-corrected chi connectivity index (χ2v) is 5.53. The van der Waals surface area contributed by atoms with Crippen molar-refractivity contribution < 1.29 is 14.4 Å².